The number of nitrogens with zero attached hydrogens (tertiary/aromatic N) is 1. The maximum Gasteiger partial charge on any atom is 0.329 e. The zero-order valence-corrected chi connectivity index (χ0v) is 22.3. The molecule has 3 amide bonds. The molecule has 0 saturated carbocycles. The third kappa shape index (κ3) is 8.11. The van der Waals surface area contributed by atoms with Gasteiger partial charge in [0.15, 0.2) is 18.1 Å². The van der Waals surface area contributed by atoms with E-state index in [1.807, 2.05) is 22.6 Å². The standard InChI is InChI=1S/C24H19Cl2IN4O5/c1-35-20-10-14(12-28-31-24(34)23(33)30-18-4-2-3-16(26)11-18)9-19(27)22(20)36-13-21(32)29-17-7-5-15(25)6-8-17/h2-12H,13H2,1H3,(H,29,32)(H,30,33)(H,31,34)/b28-12-. The van der Waals surface area contributed by atoms with Crippen LogP contribution in [0.25, 0.3) is 0 Å². The van der Waals surface area contributed by atoms with Crippen molar-refractivity contribution in [1.82, 2.24) is 5.43 Å². The van der Waals surface area contributed by atoms with E-state index in [0.717, 1.165) is 0 Å². The topological polar surface area (TPSA) is 118 Å². The largest absolute Gasteiger partial charge is 0.493 e. The first-order valence-electron chi connectivity index (χ1n) is 10.2. The van der Waals surface area contributed by atoms with Gasteiger partial charge >= 0.3 is 11.8 Å². The van der Waals surface area contributed by atoms with Gasteiger partial charge in [0, 0.05) is 21.4 Å². The number of carbonyl (C=O) groups is 3. The summed E-state index contributed by atoms with van der Waals surface area (Å²) in [5, 5.41) is 9.92. The van der Waals surface area contributed by atoms with E-state index in [0.29, 0.717) is 42.1 Å². The molecule has 0 aromatic heterocycles. The zero-order chi connectivity index (χ0) is 26.1. The predicted molar refractivity (Wildman–Crippen MR) is 147 cm³/mol. The average Bonchev–Trinajstić information content (AvgIpc) is 2.84. The van der Waals surface area contributed by atoms with Crippen LogP contribution in [0.5, 0.6) is 11.5 Å². The fourth-order valence-electron chi connectivity index (χ4n) is 2.79. The normalized spacial score (nSPS) is 10.6. The monoisotopic (exact) mass is 640 g/mol. The van der Waals surface area contributed by atoms with Gasteiger partial charge in [-0.1, -0.05) is 29.3 Å². The molecule has 9 nitrogen and oxygen atoms in total. The number of anilines is 2. The molecule has 0 spiro atoms. The first kappa shape index (κ1) is 27.2. The Kier molecular flexibility index (Phi) is 9.91. The highest BCUT2D eigenvalue weighted by Crippen LogP contribution is 2.33. The number of hydrogen-bond donors (Lipinski definition) is 3. The lowest BCUT2D eigenvalue weighted by Crippen LogP contribution is -2.32. The number of hydrazone groups is 1. The van der Waals surface area contributed by atoms with Crippen LogP contribution < -0.4 is 25.5 Å². The first-order valence-corrected chi connectivity index (χ1v) is 12.0. The number of amides is 3. The van der Waals surface area contributed by atoms with Crippen molar-refractivity contribution in [2.75, 3.05) is 24.4 Å². The van der Waals surface area contributed by atoms with E-state index >= 15 is 0 Å². The molecule has 0 aliphatic rings. The molecule has 3 aromatic rings. The third-order valence-corrected chi connectivity index (χ3v) is 5.68. The van der Waals surface area contributed by atoms with Crippen LogP contribution in [-0.2, 0) is 14.4 Å². The van der Waals surface area contributed by atoms with Crippen LogP contribution in [0, 0.1) is 3.57 Å². The molecule has 0 aliphatic carbocycles. The fourth-order valence-corrected chi connectivity index (χ4v) is 3.89. The fraction of sp³-hybridized carbons (Fsp3) is 0.0833. The molecule has 3 aromatic carbocycles. The van der Waals surface area contributed by atoms with Crippen LogP contribution in [-0.4, -0.2) is 37.7 Å². The molecule has 0 unspecified atom stereocenters. The minimum Gasteiger partial charge on any atom is -0.493 e. The first-order chi connectivity index (χ1) is 17.2. The SMILES string of the molecule is COc1cc(/C=N\NC(=O)C(=O)Nc2cccc(Cl)c2)cc(I)c1OCC(=O)Nc1ccc(Cl)cc1. The molecule has 0 bridgehead atoms. The summed E-state index contributed by atoms with van der Waals surface area (Å²) in [6, 6.07) is 16.4. The molecule has 0 fully saturated rings. The van der Waals surface area contributed by atoms with Gasteiger partial charge in [-0.05, 0) is 82.8 Å². The molecule has 0 aliphatic heterocycles. The van der Waals surface area contributed by atoms with Gasteiger partial charge < -0.3 is 20.1 Å². The maximum atomic E-state index is 12.2. The van der Waals surface area contributed by atoms with Crippen molar-refractivity contribution in [3.8, 4) is 11.5 Å². The second-order valence-electron chi connectivity index (χ2n) is 7.04. The lowest BCUT2D eigenvalue weighted by atomic mass is 10.2. The molecule has 12 heteroatoms. The Morgan fingerprint density at radius 2 is 1.69 bits per heavy atom. The summed E-state index contributed by atoms with van der Waals surface area (Å²) < 4.78 is 11.7. The van der Waals surface area contributed by atoms with Crippen LogP contribution in [0.2, 0.25) is 10.0 Å². The van der Waals surface area contributed by atoms with E-state index < -0.39 is 11.8 Å². The quantitative estimate of drug-likeness (QED) is 0.143. The summed E-state index contributed by atoms with van der Waals surface area (Å²) in [7, 11) is 1.45. The van der Waals surface area contributed by atoms with Gasteiger partial charge in [0.05, 0.1) is 16.9 Å². The minimum absolute atomic E-state index is 0.250. The molecule has 36 heavy (non-hydrogen) atoms. The highest BCUT2D eigenvalue weighted by Gasteiger charge is 2.15. The Labute approximate surface area is 230 Å². The minimum atomic E-state index is -0.959. The molecular weight excluding hydrogens is 622 g/mol. The smallest absolute Gasteiger partial charge is 0.329 e. The van der Waals surface area contributed by atoms with E-state index in [1.165, 1.54) is 19.4 Å². The van der Waals surface area contributed by atoms with Crippen molar-refractivity contribution >= 4 is 81.1 Å². The Balaban J connectivity index is 1.57. The van der Waals surface area contributed by atoms with E-state index in [1.54, 1.807) is 54.6 Å². The van der Waals surface area contributed by atoms with Gasteiger partial charge in [0.25, 0.3) is 5.91 Å². The summed E-state index contributed by atoms with van der Waals surface area (Å²) in [5.41, 5.74) is 3.68. The summed E-state index contributed by atoms with van der Waals surface area (Å²) in [6.45, 7) is -0.250. The molecule has 0 radical (unpaired) electrons. The predicted octanol–water partition coefficient (Wildman–Crippen LogP) is 4.71. The maximum absolute atomic E-state index is 12.2. The van der Waals surface area contributed by atoms with Crippen molar-refractivity contribution in [1.29, 1.82) is 0 Å². The summed E-state index contributed by atoms with van der Waals surface area (Å²) in [6.07, 6.45) is 1.34. The lowest BCUT2D eigenvalue weighted by Gasteiger charge is -2.13. The Morgan fingerprint density at radius 3 is 2.39 bits per heavy atom. The highest BCUT2D eigenvalue weighted by atomic mass is 127. The Bertz CT molecular complexity index is 1300. The summed E-state index contributed by atoms with van der Waals surface area (Å²) >= 11 is 13.7. The lowest BCUT2D eigenvalue weighted by molar-refractivity contribution is -0.136. The Hall–Kier alpha value is -3.35. The summed E-state index contributed by atoms with van der Waals surface area (Å²) in [5.74, 6) is -1.50. The van der Waals surface area contributed by atoms with E-state index in [2.05, 4.69) is 21.2 Å². The molecule has 0 saturated heterocycles. The molecular formula is C24H19Cl2IN4O5. The second-order valence-corrected chi connectivity index (χ2v) is 9.08. The Morgan fingerprint density at radius 1 is 0.944 bits per heavy atom. The zero-order valence-electron chi connectivity index (χ0n) is 18.7. The van der Waals surface area contributed by atoms with Crippen LogP contribution >= 0.6 is 45.8 Å². The van der Waals surface area contributed by atoms with Crippen molar-refractivity contribution in [3.05, 3.63) is 79.8 Å². The number of halogens is 3. The van der Waals surface area contributed by atoms with Crippen molar-refractivity contribution in [3.63, 3.8) is 0 Å². The number of hydrogen-bond acceptors (Lipinski definition) is 6. The number of ether oxygens (including phenoxy) is 2. The van der Waals surface area contributed by atoms with Crippen LogP contribution in [0.4, 0.5) is 11.4 Å². The van der Waals surface area contributed by atoms with Crippen LogP contribution in [0.1, 0.15) is 5.56 Å². The molecule has 3 N–H and O–H groups in total. The molecule has 3 rings (SSSR count). The van der Waals surface area contributed by atoms with Crippen molar-refractivity contribution in [2.24, 2.45) is 5.10 Å². The van der Waals surface area contributed by atoms with Gasteiger partial charge in [-0.3, -0.25) is 14.4 Å². The molecule has 186 valence electrons. The van der Waals surface area contributed by atoms with Crippen LogP contribution in [0.15, 0.2) is 65.8 Å². The number of rotatable bonds is 8. The van der Waals surface area contributed by atoms with E-state index in [4.69, 9.17) is 32.7 Å². The van der Waals surface area contributed by atoms with Crippen LogP contribution in [0.3, 0.4) is 0 Å². The van der Waals surface area contributed by atoms with Crippen molar-refractivity contribution < 1.29 is 23.9 Å². The van der Waals surface area contributed by atoms with Gasteiger partial charge in [-0.25, -0.2) is 5.43 Å². The van der Waals surface area contributed by atoms with Gasteiger partial charge in [0.1, 0.15) is 0 Å². The number of methoxy groups -OCH3 is 1. The molecule has 0 heterocycles. The number of nitrogens with one attached hydrogen (secondary N) is 3. The third-order valence-electron chi connectivity index (χ3n) is 4.40. The van der Waals surface area contributed by atoms with E-state index in [-0.39, 0.29) is 12.5 Å². The van der Waals surface area contributed by atoms with Gasteiger partial charge in [0.2, 0.25) is 0 Å². The average molecular weight is 641 g/mol. The number of carbonyl (C=O) groups excluding carboxylic acids is 3. The second kappa shape index (κ2) is 13.1. The van der Waals surface area contributed by atoms with E-state index in [9.17, 15) is 14.4 Å². The highest BCUT2D eigenvalue weighted by molar-refractivity contribution is 14.1. The molecule has 0 atom stereocenters. The van der Waals surface area contributed by atoms with Crippen molar-refractivity contribution in [2.45, 2.75) is 0 Å². The van der Waals surface area contributed by atoms with Gasteiger partial charge in [-0.15, -0.1) is 0 Å². The number of benzene rings is 3. The van der Waals surface area contributed by atoms with Gasteiger partial charge in [-0.2, -0.15) is 5.10 Å². The summed E-state index contributed by atoms with van der Waals surface area (Å²) in [4.78, 5) is 36.2.